The largest absolute Gasteiger partial charge is 0.338 e. The van der Waals surface area contributed by atoms with Crippen molar-refractivity contribution in [1.82, 2.24) is 14.7 Å². The van der Waals surface area contributed by atoms with Crippen molar-refractivity contribution in [2.24, 2.45) is 5.92 Å². The van der Waals surface area contributed by atoms with Crippen molar-refractivity contribution in [3.05, 3.63) is 46.7 Å². The van der Waals surface area contributed by atoms with Crippen LogP contribution in [0.3, 0.4) is 0 Å². The van der Waals surface area contributed by atoms with Crippen LogP contribution >= 0.6 is 11.3 Å². The molecule has 3 aromatic rings. The van der Waals surface area contributed by atoms with E-state index in [1.54, 1.807) is 16.8 Å². The number of benzene rings is 1. The van der Waals surface area contributed by atoms with Gasteiger partial charge in [-0.1, -0.05) is 6.92 Å². The molecule has 1 aromatic carbocycles. The maximum absolute atomic E-state index is 13.2. The molecule has 4 rings (SSSR count). The Morgan fingerprint density at radius 2 is 2.08 bits per heavy atom. The Morgan fingerprint density at radius 1 is 1.32 bits per heavy atom. The number of aryl methyl sites for hydroxylation is 1. The number of piperidine rings is 1. The van der Waals surface area contributed by atoms with E-state index in [4.69, 9.17) is 0 Å². The topological polar surface area (TPSA) is 38.1 Å². The number of hydrogen-bond donors (Lipinski definition) is 0. The maximum Gasteiger partial charge on any atom is 0.264 e. The summed E-state index contributed by atoms with van der Waals surface area (Å²) in [4.78, 5) is 16.5. The van der Waals surface area contributed by atoms with Crippen LogP contribution in [0.5, 0.6) is 0 Å². The first-order valence-electron chi connectivity index (χ1n) is 8.57. The average molecular weight is 357 g/mol. The highest BCUT2D eigenvalue weighted by Crippen LogP contribution is 2.32. The summed E-state index contributed by atoms with van der Waals surface area (Å²) >= 11 is 1.46. The summed E-state index contributed by atoms with van der Waals surface area (Å²) in [6.45, 7) is 5.80. The number of carbonyl (C=O) groups is 1. The van der Waals surface area contributed by atoms with Gasteiger partial charge >= 0.3 is 0 Å². The Labute approximate surface area is 149 Å². The molecule has 0 radical (unpaired) electrons. The van der Waals surface area contributed by atoms with Crippen molar-refractivity contribution < 1.29 is 9.18 Å². The van der Waals surface area contributed by atoms with Crippen LogP contribution in [0.15, 0.2) is 30.3 Å². The summed E-state index contributed by atoms with van der Waals surface area (Å²) in [5.74, 6) is 0.395. The van der Waals surface area contributed by atoms with Crippen LogP contribution in [0.25, 0.3) is 15.9 Å². The minimum atomic E-state index is -0.273. The predicted octanol–water partition coefficient (Wildman–Crippen LogP) is 4.41. The normalized spacial score (nSPS) is 18.0. The van der Waals surface area contributed by atoms with Gasteiger partial charge in [0, 0.05) is 18.5 Å². The number of fused-ring (bicyclic) bond motifs is 1. The quantitative estimate of drug-likeness (QED) is 0.681. The van der Waals surface area contributed by atoms with Crippen LogP contribution in [0.2, 0.25) is 0 Å². The molecule has 25 heavy (non-hydrogen) atoms. The first-order valence-corrected chi connectivity index (χ1v) is 9.39. The maximum atomic E-state index is 13.2. The van der Waals surface area contributed by atoms with E-state index in [9.17, 15) is 9.18 Å². The highest BCUT2D eigenvalue weighted by molar-refractivity contribution is 7.20. The second-order valence-electron chi connectivity index (χ2n) is 6.80. The smallest absolute Gasteiger partial charge is 0.264 e. The van der Waals surface area contributed by atoms with Crippen molar-refractivity contribution in [1.29, 1.82) is 0 Å². The Morgan fingerprint density at radius 3 is 2.80 bits per heavy atom. The van der Waals surface area contributed by atoms with Gasteiger partial charge in [-0.3, -0.25) is 4.79 Å². The lowest BCUT2D eigenvalue weighted by molar-refractivity contribution is 0.0688. The van der Waals surface area contributed by atoms with Gasteiger partial charge in [0.05, 0.1) is 16.3 Å². The predicted molar refractivity (Wildman–Crippen MR) is 97.9 cm³/mol. The Kier molecular flexibility index (Phi) is 4.07. The number of thiophene rings is 1. The molecular weight excluding hydrogens is 337 g/mol. The minimum absolute atomic E-state index is 0.109. The van der Waals surface area contributed by atoms with Gasteiger partial charge in [0.1, 0.15) is 10.6 Å². The first-order chi connectivity index (χ1) is 12.0. The molecule has 3 heterocycles. The van der Waals surface area contributed by atoms with Gasteiger partial charge in [-0.25, -0.2) is 9.07 Å². The number of nitrogens with zero attached hydrogens (tertiary/aromatic N) is 3. The van der Waals surface area contributed by atoms with Gasteiger partial charge in [0.25, 0.3) is 5.91 Å². The molecule has 0 bridgehead atoms. The number of rotatable bonds is 2. The van der Waals surface area contributed by atoms with Crippen LogP contribution in [0, 0.1) is 18.7 Å². The highest BCUT2D eigenvalue weighted by atomic mass is 32.1. The van der Waals surface area contributed by atoms with Crippen LogP contribution in [-0.4, -0.2) is 33.7 Å². The summed E-state index contributed by atoms with van der Waals surface area (Å²) in [5.41, 5.74) is 1.67. The number of aromatic nitrogens is 2. The molecule has 0 saturated carbocycles. The van der Waals surface area contributed by atoms with E-state index in [2.05, 4.69) is 12.0 Å². The lowest BCUT2D eigenvalue weighted by Gasteiger charge is -2.30. The van der Waals surface area contributed by atoms with Crippen molar-refractivity contribution in [3.63, 3.8) is 0 Å². The van der Waals surface area contributed by atoms with E-state index >= 15 is 0 Å². The molecule has 0 aliphatic carbocycles. The molecule has 1 aliphatic rings. The number of likely N-dealkylation sites (tertiary alicyclic amines) is 1. The highest BCUT2D eigenvalue weighted by Gasteiger charge is 2.25. The summed E-state index contributed by atoms with van der Waals surface area (Å²) in [7, 11) is 0. The van der Waals surface area contributed by atoms with Gasteiger partial charge in [-0.2, -0.15) is 5.10 Å². The molecule has 0 N–H and O–H groups in total. The zero-order chi connectivity index (χ0) is 17.6. The third-order valence-corrected chi connectivity index (χ3v) is 5.87. The van der Waals surface area contributed by atoms with E-state index in [-0.39, 0.29) is 11.7 Å². The molecule has 2 aromatic heterocycles. The van der Waals surface area contributed by atoms with Gasteiger partial charge in [0.15, 0.2) is 0 Å². The Balaban J connectivity index is 1.72. The molecular formula is C19H20FN3OS. The van der Waals surface area contributed by atoms with E-state index in [0.29, 0.717) is 5.92 Å². The molecule has 1 atom stereocenters. The zero-order valence-corrected chi connectivity index (χ0v) is 15.1. The van der Waals surface area contributed by atoms with E-state index in [0.717, 1.165) is 46.0 Å². The van der Waals surface area contributed by atoms with Crippen molar-refractivity contribution in [3.8, 4) is 5.69 Å². The van der Waals surface area contributed by atoms with Crippen molar-refractivity contribution >= 4 is 27.5 Å². The van der Waals surface area contributed by atoms with Crippen LogP contribution in [-0.2, 0) is 0 Å². The number of amides is 1. The summed E-state index contributed by atoms with van der Waals surface area (Å²) in [6.07, 6.45) is 2.26. The van der Waals surface area contributed by atoms with E-state index in [1.807, 2.05) is 17.9 Å². The fourth-order valence-electron chi connectivity index (χ4n) is 3.44. The van der Waals surface area contributed by atoms with Crippen LogP contribution in [0.4, 0.5) is 4.39 Å². The number of hydrogen-bond acceptors (Lipinski definition) is 3. The summed E-state index contributed by atoms with van der Waals surface area (Å²) < 4.78 is 15.0. The molecule has 6 heteroatoms. The molecule has 1 saturated heterocycles. The summed E-state index contributed by atoms with van der Waals surface area (Å²) in [5, 5.41) is 5.54. The molecule has 0 spiro atoms. The fourth-order valence-corrected chi connectivity index (χ4v) is 4.59. The number of carbonyl (C=O) groups excluding carboxylic acids is 1. The molecule has 4 nitrogen and oxygen atoms in total. The Bertz CT molecular complexity index is 928. The summed E-state index contributed by atoms with van der Waals surface area (Å²) in [6, 6.07) is 8.20. The number of halogens is 1. The zero-order valence-electron chi connectivity index (χ0n) is 14.3. The third kappa shape index (κ3) is 2.95. The standard InChI is InChI=1S/C19H20FN3OS/c1-12-4-3-9-22(11-12)18(24)17-10-16-13(2)21-23(19(16)25-17)15-7-5-14(20)6-8-15/h5-8,10,12H,3-4,9,11H2,1-2H3/t12-/m0/s1. The van der Waals surface area contributed by atoms with Crippen LogP contribution < -0.4 is 0 Å². The fraction of sp³-hybridized carbons (Fsp3) is 0.368. The molecule has 130 valence electrons. The lowest BCUT2D eigenvalue weighted by Crippen LogP contribution is -2.38. The Hall–Kier alpha value is -2.21. The van der Waals surface area contributed by atoms with E-state index < -0.39 is 0 Å². The van der Waals surface area contributed by atoms with Crippen LogP contribution in [0.1, 0.15) is 35.1 Å². The van der Waals surface area contributed by atoms with Crippen molar-refractivity contribution in [2.75, 3.05) is 13.1 Å². The second kappa shape index (κ2) is 6.26. The van der Waals surface area contributed by atoms with Crippen molar-refractivity contribution in [2.45, 2.75) is 26.7 Å². The molecule has 1 amide bonds. The van der Waals surface area contributed by atoms with Gasteiger partial charge in [-0.15, -0.1) is 11.3 Å². The average Bonchev–Trinajstić information content (AvgIpc) is 3.16. The first kappa shape index (κ1) is 16.3. The molecule has 1 aliphatic heterocycles. The van der Waals surface area contributed by atoms with Gasteiger partial charge < -0.3 is 4.90 Å². The molecule has 1 fully saturated rings. The third-order valence-electron chi connectivity index (χ3n) is 4.77. The lowest BCUT2D eigenvalue weighted by atomic mass is 10.0. The second-order valence-corrected chi connectivity index (χ2v) is 7.83. The minimum Gasteiger partial charge on any atom is -0.338 e. The van der Waals surface area contributed by atoms with Gasteiger partial charge in [0.2, 0.25) is 0 Å². The molecule has 0 unspecified atom stereocenters. The SMILES string of the molecule is Cc1nn(-c2ccc(F)cc2)c2sc(C(=O)N3CCC[C@H](C)C3)cc12. The van der Waals surface area contributed by atoms with E-state index in [1.165, 1.54) is 29.9 Å². The van der Waals surface area contributed by atoms with Gasteiger partial charge in [-0.05, 0) is 56.0 Å². The monoisotopic (exact) mass is 357 g/mol.